The Morgan fingerprint density at radius 3 is 3.07 bits per heavy atom. The van der Waals surface area contributed by atoms with Crippen molar-refractivity contribution in [3.8, 4) is 6.07 Å². The zero-order valence-electron chi connectivity index (χ0n) is 8.79. The van der Waals surface area contributed by atoms with Crippen molar-refractivity contribution in [3.05, 3.63) is 34.9 Å². The molecule has 0 bridgehead atoms. The zero-order chi connectivity index (χ0) is 10.8. The molecule has 2 rings (SSSR count). The van der Waals surface area contributed by atoms with E-state index in [4.69, 9.17) is 5.26 Å². The molecule has 0 spiro atoms. The molecule has 76 valence electrons. The first kappa shape index (κ1) is 9.92. The van der Waals surface area contributed by atoms with Gasteiger partial charge in [0.1, 0.15) is 0 Å². The second kappa shape index (κ2) is 3.86. The molecule has 1 unspecified atom stereocenters. The van der Waals surface area contributed by atoms with Crippen LogP contribution in [0.1, 0.15) is 46.7 Å². The topological polar surface area (TPSA) is 40.9 Å². The van der Waals surface area contributed by atoms with Gasteiger partial charge in [0, 0.05) is 18.4 Å². The Morgan fingerprint density at radius 2 is 2.33 bits per heavy atom. The molecule has 0 saturated carbocycles. The molecular weight excluding hydrogens is 186 g/mol. The first-order valence-corrected chi connectivity index (χ1v) is 5.23. The molecule has 1 aromatic rings. The molecule has 0 heterocycles. The molecule has 0 amide bonds. The molecule has 0 aromatic heterocycles. The number of ketones is 1. The van der Waals surface area contributed by atoms with E-state index in [0.717, 1.165) is 23.1 Å². The third kappa shape index (κ3) is 1.78. The SMILES string of the molecule is Cc1ccc2c(c1)C(CC#N)CCC2=O. The van der Waals surface area contributed by atoms with Crippen LogP contribution in [0.5, 0.6) is 0 Å². The molecule has 2 heteroatoms. The third-order valence-electron chi connectivity index (χ3n) is 3.00. The molecule has 1 aromatic carbocycles. The molecule has 0 N–H and O–H groups in total. The fraction of sp³-hybridized carbons (Fsp3) is 0.385. The van der Waals surface area contributed by atoms with Gasteiger partial charge < -0.3 is 0 Å². The summed E-state index contributed by atoms with van der Waals surface area (Å²) in [6, 6.07) is 8.11. The number of fused-ring (bicyclic) bond motifs is 1. The standard InChI is InChI=1S/C13H13NO/c1-9-2-4-11-12(8-9)10(6-7-14)3-5-13(11)15/h2,4,8,10H,3,5-6H2,1H3. The van der Waals surface area contributed by atoms with Gasteiger partial charge in [-0.25, -0.2) is 0 Å². The number of hydrogen-bond donors (Lipinski definition) is 0. The van der Waals surface area contributed by atoms with Crippen molar-refractivity contribution in [2.24, 2.45) is 0 Å². The van der Waals surface area contributed by atoms with Gasteiger partial charge in [0.25, 0.3) is 0 Å². The van der Waals surface area contributed by atoms with Gasteiger partial charge in [0.05, 0.1) is 6.07 Å². The van der Waals surface area contributed by atoms with Crippen LogP contribution in [0.3, 0.4) is 0 Å². The Balaban J connectivity index is 2.47. The van der Waals surface area contributed by atoms with Gasteiger partial charge in [-0.1, -0.05) is 23.8 Å². The Morgan fingerprint density at radius 1 is 1.53 bits per heavy atom. The summed E-state index contributed by atoms with van der Waals surface area (Å²) in [7, 11) is 0. The number of hydrogen-bond acceptors (Lipinski definition) is 2. The highest BCUT2D eigenvalue weighted by Gasteiger charge is 2.25. The second-order valence-electron chi connectivity index (χ2n) is 4.11. The lowest BCUT2D eigenvalue weighted by molar-refractivity contribution is 0.0967. The van der Waals surface area contributed by atoms with Gasteiger partial charge in [0.15, 0.2) is 5.78 Å². The predicted molar refractivity (Wildman–Crippen MR) is 57.7 cm³/mol. The number of benzene rings is 1. The van der Waals surface area contributed by atoms with E-state index >= 15 is 0 Å². The summed E-state index contributed by atoms with van der Waals surface area (Å²) >= 11 is 0. The van der Waals surface area contributed by atoms with E-state index in [-0.39, 0.29) is 11.7 Å². The number of carbonyl (C=O) groups is 1. The fourth-order valence-corrected chi connectivity index (χ4v) is 2.19. The summed E-state index contributed by atoms with van der Waals surface area (Å²) in [6.45, 7) is 2.02. The van der Waals surface area contributed by atoms with E-state index in [2.05, 4.69) is 12.1 Å². The van der Waals surface area contributed by atoms with Crippen molar-refractivity contribution < 1.29 is 4.79 Å². The Hall–Kier alpha value is -1.62. The minimum Gasteiger partial charge on any atom is -0.294 e. The second-order valence-corrected chi connectivity index (χ2v) is 4.11. The van der Waals surface area contributed by atoms with Crippen LogP contribution in [-0.4, -0.2) is 5.78 Å². The van der Waals surface area contributed by atoms with Crippen LogP contribution < -0.4 is 0 Å². The number of rotatable bonds is 1. The van der Waals surface area contributed by atoms with Crippen LogP contribution in [0.4, 0.5) is 0 Å². The van der Waals surface area contributed by atoms with Crippen molar-refractivity contribution in [1.29, 1.82) is 5.26 Å². The summed E-state index contributed by atoms with van der Waals surface area (Å²) < 4.78 is 0. The summed E-state index contributed by atoms with van der Waals surface area (Å²) in [6.07, 6.45) is 1.93. The van der Waals surface area contributed by atoms with E-state index in [1.165, 1.54) is 0 Å². The highest BCUT2D eigenvalue weighted by Crippen LogP contribution is 2.34. The smallest absolute Gasteiger partial charge is 0.163 e. The number of Topliss-reactive ketones (excluding diaryl/α,β-unsaturated/α-hetero) is 1. The first-order valence-electron chi connectivity index (χ1n) is 5.23. The van der Waals surface area contributed by atoms with Crippen LogP contribution in [-0.2, 0) is 0 Å². The van der Waals surface area contributed by atoms with E-state index in [1.54, 1.807) is 0 Å². The third-order valence-corrected chi connectivity index (χ3v) is 3.00. The quantitative estimate of drug-likeness (QED) is 0.697. The maximum atomic E-state index is 11.7. The van der Waals surface area contributed by atoms with E-state index < -0.39 is 0 Å². The van der Waals surface area contributed by atoms with Crippen molar-refractivity contribution in [2.45, 2.75) is 32.1 Å². The molecule has 15 heavy (non-hydrogen) atoms. The van der Waals surface area contributed by atoms with Crippen LogP contribution in [0.15, 0.2) is 18.2 Å². The van der Waals surface area contributed by atoms with Crippen molar-refractivity contribution in [1.82, 2.24) is 0 Å². The highest BCUT2D eigenvalue weighted by molar-refractivity contribution is 5.98. The van der Waals surface area contributed by atoms with E-state index in [9.17, 15) is 4.79 Å². The van der Waals surface area contributed by atoms with Gasteiger partial charge in [0.2, 0.25) is 0 Å². The Bertz CT molecular complexity index is 442. The maximum absolute atomic E-state index is 11.7. The van der Waals surface area contributed by atoms with E-state index in [0.29, 0.717) is 12.8 Å². The molecular formula is C13H13NO. The van der Waals surface area contributed by atoms with Gasteiger partial charge in [-0.05, 0) is 24.8 Å². The lowest BCUT2D eigenvalue weighted by atomic mass is 9.80. The van der Waals surface area contributed by atoms with Crippen LogP contribution in [0.2, 0.25) is 0 Å². The molecule has 0 fully saturated rings. The molecule has 1 atom stereocenters. The lowest BCUT2D eigenvalue weighted by Crippen LogP contribution is -2.15. The summed E-state index contributed by atoms with van der Waals surface area (Å²) in [5, 5.41) is 8.74. The molecule has 1 aliphatic carbocycles. The average molecular weight is 199 g/mol. The highest BCUT2D eigenvalue weighted by atomic mass is 16.1. The molecule has 0 saturated heterocycles. The van der Waals surface area contributed by atoms with Gasteiger partial charge in [-0.3, -0.25) is 4.79 Å². The van der Waals surface area contributed by atoms with Crippen molar-refractivity contribution in [3.63, 3.8) is 0 Å². The largest absolute Gasteiger partial charge is 0.294 e. The fourth-order valence-electron chi connectivity index (χ4n) is 2.19. The summed E-state index contributed by atoms with van der Waals surface area (Å²) in [5.74, 6) is 0.474. The number of aryl methyl sites for hydroxylation is 1. The number of nitrogens with zero attached hydrogens (tertiary/aromatic N) is 1. The van der Waals surface area contributed by atoms with Crippen LogP contribution in [0.25, 0.3) is 0 Å². The molecule has 0 radical (unpaired) electrons. The van der Waals surface area contributed by atoms with Crippen molar-refractivity contribution in [2.75, 3.05) is 0 Å². The summed E-state index contributed by atoms with van der Waals surface area (Å²) in [4.78, 5) is 11.7. The normalized spacial score (nSPS) is 19.5. The Kier molecular flexibility index (Phi) is 2.55. The van der Waals surface area contributed by atoms with Gasteiger partial charge in [-0.15, -0.1) is 0 Å². The van der Waals surface area contributed by atoms with E-state index in [1.807, 2.05) is 19.1 Å². The zero-order valence-corrected chi connectivity index (χ0v) is 8.79. The summed E-state index contributed by atoms with van der Waals surface area (Å²) in [5.41, 5.74) is 3.06. The monoisotopic (exact) mass is 199 g/mol. The number of nitriles is 1. The minimum absolute atomic E-state index is 0.221. The van der Waals surface area contributed by atoms with Gasteiger partial charge >= 0.3 is 0 Å². The predicted octanol–water partition coefficient (Wildman–Crippen LogP) is 2.97. The average Bonchev–Trinajstić information content (AvgIpc) is 2.22. The van der Waals surface area contributed by atoms with Crippen molar-refractivity contribution >= 4 is 5.78 Å². The number of carbonyl (C=O) groups excluding carboxylic acids is 1. The lowest BCUT2D eigenvalue weighted by Gasteiger charge is -2.22. The van der Waals surface area contributed by atoms with Gasteiger partial charge in [-0.2, -0.15) is 5.26 Å². The molecule has 2 nitrogen and oxygen atoms in total. The maximum Gasteiger partial charge on any atom is 0.163 e. The van der Waals surface area contributed by atoms with Crippen LogP contribution >= 0.6 is 0 Å². The molecule has 1 aliphatic rings. The minimum atomic E-state index is 0.221. The first-order chi connectivity index (χ1) is 7.22. The van der Waals surface area contributed by atoms with Crippen LogP contribution in [0, 0.1) is 18.3 Å². The Labute approximate surface area is 89.5 Å². The molecule has 0 aliphatic heterocycles.